The van der Waals surface area contributed by atoms with E-state index in [2.05, 4.69) is 24.3 Å². The Kier molecular flexibility index (Phi) is 5.30. The van der Waals surface area contributed by atoms with Crippen LogP contribution in [0.5, 0.6) is 0 Å². The van der Waals surface area contributed by atoms with Crippen molar-refractivity contribution in [3.8, 4) is 0 Å². The van der Waals surface area contributed by atoms with Crippen LogP contribution in [0.3, 0.4) is 0 Å². The van der Waals surface area contributed by atoms with E-state index in [-0.39, 0.29) is 0 Å². The van der Waals surface area contributed by atoms with Crippen molar-refractivity contribution < 1.29 is 8.42 Å². The summed E-state index contributed by atoms with van der Waals surface area (Å²) in [5.74, 6) is 0. The molecule has 0 saturated heterocycles. The second-order valence-corrected chi connectivity index (χ2v) is 10.8. The molecule has 3 aromatic rings. The Morgan fingerprint density at radius 1 is 0.640 bits per heavy atom. The summed E-state index contributed by atoms with van der Waals surface area (Å²) in [6, 6.07) is 28.2. The minimum atomic E-state index is -3.24. The van der Waals surface area contributed by atoms with E-state index in [0.29, 0.717) is 4.90 Å². The van der Waals surface area contributed by atoms with Gasteiger partial charge in [0.15, 0.2) is 9.84 Å². The highest BCUT2D eigenvalue weighted by molar-refractivity contribution is 8.17. The minimum Gasteiger partial charge on any atom is -0.223 e. The summed E-state index contributed by atoms with van der Waals surface area (Å²) >= 11 is 0. The van der Waals surface area contributed by atoms with Crippen molar-refractivity contribution >= 4 is 20.7 Å². The van der Waals surface area contributed by atoms with Crippen LogP contribution in [-0.2, 0) is 9.84 Å². The molecule has 2 nitrogen and oxygen atoms in total. The van der Waals surface area contributed by atoms with Gasteiger partial charge in [0.05, 0.1) is 10.1 Å². The number of hydrogen-bond donors (Lipinski definition) is 1. The van der Waals surface area contributed by atoms with Gasteiger partial charge in [-0.2, -0.15) is 10.9 Å². The quantitative estimate of drug-likeness (QED) is 0.615. The highest BCUT2D eigenvalue weighted by Gasteiger charge is 2.20. The van der Waals surface area contributed by atoms with Gasteiger partial charge in [0.25, 0.3) is 0 Å². The summed E-state index contributed by atoms with van der Waals surface area (Å²) in [5.41, 5.74) is 0. The van der Waals surface area contributed by atoms with Crippen LogP contribution >= 0.6 is 10.9 Å². The summed E-state index contributed by atoms with van der Waals surface area (Å²) < 4.78 is 24.7. The molecule has 0 amide bonds. The molecule has 0 saturated carbocycles. The summed E-state index contributed by atoms with van der Waals surface area (Å²) in [6.45, 7) is 3.42. The lowest BCUT2D eigenvalue weighted by molar-refractivity contribution is 0.587. The van der Waals surface area contributed by atoms with E-state index in [0.717, 1.165) is 4.90 Å². The lowest BCUT2D eigenvalue weighted by atomic mass is 10.4. The Labute approximate surface area is 152 Å². The minimum absolute atomic E-state index is 0.391. The van der Waals surface area contributed by atoms with Crippen molar-refractivity contribution in [2.24, 2.45) is 0 Å². The molecule has 0 N–H and O–H groups in total. The van der Waals surface area contributed by atoms with Crippen molar-refractivity contribution in [1.29, 1.82) is 0 Å². The first-order valence-electron chi connectivity index (χ1n) is 8.24. The number of sulfone groups is 1. The van der Waals surface area contributed by atoms with Gasteiger partial charge >= 0.3 is 0 Å². The van der Waals surface area contributed by atoms with E-state index in [1.54, 1.807) is 26.0 Å². The Morgan fingerprint density at radius 3 is 1.44 bits per heavy atom. The topological polar surface area (TPSA) is 34.1 Å². The van der Waals surface area contributed by atoms with Gasteiger partial charge in [-0.15, -0.1) is 0 Å². The third kappa shape index (κ3) is 3.80. The molecular formula is C21H22O2S2. The monoisotopic (exact) mass is 370 g/mol. The van der Waals surface area contributed by atoms with E-state index in [1.807, 2.05) is 48.5 Å². The van der Waals surface area contributed by atoms with Gasteiger partial charge in [0.2, 0.25) is 0 Å². The van der Waals surface area contributed by atoms with Crippen LogP contribution in [0.1, 0.15) is 13.8 Å². The van der Waals surface area contributed by atoms with Crippen molar-refractivity contribution in [3.05, 3.63) is 84.9 Å². The molecule has 0 bridgehead atoms. The first-order chi connectivity index (χ1) is 12.0. The predicted molar refractivity (Wildman–Crippen MR) is 105 cm³/mol. The molecule has 25 heavy (non-hydrogen) atoms. The highest BCUT2D eigenvalue weighted by Crippen LogP contribution is 2.51. The number of thiol groups is 1. The second kappa shape index (κ2) is 7.46. The molecule has 0 aliphatic heterocycles. The predicted octanol–water partition coefficient (Wildman–Crippen LogP) is 5.35. The molecular weight excluding hydrogens is 348 g/mol. The SMILES string of the molecule is CC(C)S(=O)(=O)c1ccc([SH](c2ccccc2)c2ccccc2)cc1. The number of rotatable bonds is 5. The van der Waals surface area contributed by atoms with E-state index in [4.69, 9.17) is 0 Å². The molecule has 0 aliphatic rings. The fourth-order valence-corrected chi connectivity index (χ4v) is 6.00. The van der Waals surface area contributed by atoms with Crippen LogP contribution in [0.15, 0.2) is 105 Å². The molecule has 3 aromatic carbocycles. The van der Waals surface area contributed by atoms with E-state index < -0.39 is 26.0 Å². The third-order valence-electron chi connectivity index (χ3n) is 4.07. The lowest BCUT2D eigenvalue weighted by Crippen LogP contribution is -2.13. The maximum atomic E-state index is 12.4. The zero-order valence-electron chi connectivity index (χ0n) is 14.3. The molecule has 4 heteroatoms. The van der Waals surface area contributed by atoms with Crippen LogP contribution in [0, 0.1) is 0 Å². The molecule has 0 fully saturated rings. The average molecular weight is 371 g/mol. The molecule has 130 valence electrons. The first kappa shape index (κ1) is 17.8. The molecule has 0 atom stereocenters. The molecule has 0 spiro atoms. The van der Waals surface area contributed by atoms with Crippen LogP contribution in [-0.4, -0.2) is 13.7 Å². The van der Waals surface area contributed by atoms with Gasteiger partial charge in [-0.25, -0.2) is 8.42 Å². The molecule has 0 unspecified atom stereocenters. The third-order valence-corrected chi connectivity index (χ3v) is 8.69. The average Bonchev–Trinajstić information content (AvgIpc) is 2.64. The van der Waals surface area contributed by atoms with Gasteiger partial charge in [-0.3, -0.25) is 0 Å². The van der Waals surface area contributed by atoms with Crippen LogP contribution < -0.4 is 0 Å². The summed E-state index contributed by atoms with van der Waals surface area (Å²) in [6.07, 6.45) is 0. The maximum absolute atomic E-state index is 12.4. The van der Waals surface area contributed by atoms with Crippen molar-refractivity contribution in [3.63, 3.8) is 0 Å². The first-order valence-corrected chi connectivity index (χ1v) is 11.1. The van der Waals surface area contributed by atoms with E-state index in [9.17, 15) is 8.42 Å². The van der Waals surface area contributed by atoms with Crippen LogP contribution in [0.4, 0.5) is 0 Å². The van der Waals surface area contributed by atoms with Crippen molar-refractivity contribution in [2.45, 2.75) is 38.7 Å². The van der Waals surface area contributed by atoms with Crippen LogP contribution in [0.2, 0.25) is 0 Å². The van der Waals surface area contributed by atoms with Gasteiger partial charge in [0, 0.05) is 0 Å². The fraction of sp³-hybridized carbons (Fsp3) is 0.143. The second-order valence-electron chi connectivity index (χ2n) is 6.09. The molecule has 3 rings (SSSR count). The van der Waals surface area contributed by atoms with Crippen molar-refractivity contribution in [1.82, 2.24) is 0 Å². The van der Waals surface area contributed by atoms with E-state index in [1.165, 1.54) is 9.79 Å². The maximum Gasteiger partial charge on any atom is 0.180 e. The normalized spacial score (nSPS) is 12.2. The standard InChI is InChI=1S/C21H22O2S2/c1-17(2)25(22,23)21-15-13-20(14-16-21)24(18-9-5-3-6-10-18)19-11-7-4-8-12-19/h3-17,24H,1-2H3. The highest BCUT2D eigenvalue weighted by atomic mass is 32.2. The molecule has 0 heterocycles. The Morgan fingerprint density at radius 2 is 1.04 bits per heavy atom. The molecule has 0 aliphatic carbocycles. The van der Waals surface area contributed by atoms with E-state index >= 15 is 0 Å². The largest absolute Gasteiger partial charge is 0.223 e. The van der Waals surface area contributed by atoms with Gasteiger partial charge in [-0.1, -0.05) is 36.4 Å². The molecule has 0 radical (unpaired) electrons. The Hall–Kier alpha value is -2.04. The lowest BCUT2D eigenvalue weighted by Gasteiger charge is -2.23. The van der Waals surface area contributed by atoms with Crippen molar-refractivity contribution in [2.75, 3.05) is 0 Å². The summed E-state index contributed by atoms with van der Waals surface area (Å²) in [4.78, 5) is 4.05. The smallest absolute Gasteiger partial charge is 0.180 e. The Balaban J connectivity index is 2.06. The zero-order chi connectivity index (χ0) is 17.9. The summed E-state index contributed by atoms with van der Waals surface area (Å²) in [7, 11) is -3.95. The zero-order valence-corrected chi connectivity index (χ0v) is 16.0. The fourth-order valence-electron chi connectivity index (χ4n) is 2.66. The van der Waals surface area contributed by atoms with Gasteiger partial charge in [-0.05, 0) is 77.1 Å². The number of hydrogen-bond acceptors (Lipinski definition) is 2. The van der Waals surface area contributed by atoms with Gasteiger partial charge in [0.1, 0.15) is 0 Å². The Bertz CT molecular complexity index is 877. The molecule has 0 aromatic heterocycles. The number of benzene rings is 3. The summed E-state index contributed by atoms with van der Waals surface area (Å²) in [5, 5.41) is -0.414. The van der Waals surface area contributed by atoms with Crippen LogP contribution in [0.25, 0.3) is 0 Å². The van der Waals surface area contributed by atoms with Gasteiger partial charge < -0.3 is 0 Å².